The molecule has 0 saturated carbocycles. The van der Waals surface area contributed by atoms with Gasteiger partial charge in [-0.05, 0) is 39.2 Å². The Morgan fingerprint density at radius 3 is 2.31 bits per heavy atom. The van der Waals surface area contributed by atoms with Gasteiger partial charge in [0.05, 0.1) is 34.1 Å². The number of aliphatic hydroxyl groups is 1. The average molecular weight is 440 g/mol. The predicted molar refractivity (Wildman–Crippen MR) is 133 cm³/mol. The van der Waals surface area contributed by atoms with Crippen LogP contribution in [0.4, 0.5) is 0 Å². The molecule has 5 rings (SSSR count). The van der Waals surface area contributed by atoms with E-state index in [1.165, 1.54) is 11.7 Å². The molecule has 0 saturated heterocycles. The summed E-state index contributed by atoms with van der Waals surface area (Å²) in [5.74, 6) is 0. The van der Waals surface area contributed by atoms with E-state index < -0.39 is 11.2 Å². The quantitative estimate of drug-likeness (QED) is 0.312. The van der Waals surface area contributed by atoms with Gasteiger partial charge in [0.15, 0.2) is 0 Å². The van der Waals surface area contributed by atoms with Crippen molar-refractivity contribution in [3.8, 4) is 11.3 Å². The number of nitrogens with zero attached hydrogens (tertiary/aromatic N) is 3. The summed E-state index contributed by atoms with van der Waals surface area (Å²) in [4.78, 5) is 5.01. The van der Waals surface area contributed by atoms with E-state index in [4.69, 9.17) is 9.64 Å². The molecular formula is C25H23BN3O2S. The lowest BCUT2D eigenvalue weighted by molar-refractivity contribution is -0.0893. The van der Waals surface area contributed by atoms with Crippen molar-refractivity contribution >= 4 is 57.4 Å². The third kappa shape index (κ3) is 3.47. The first-order valence-electron chi connectivity index (χ1n) is 10.5. The van der Waals surface area contributed by atoms with Crippen LogP contribution in [0, 0.1) is 0 Å². The van der Waals surface area contributed by atoms with Crippen molar-refractivity contribution in [2.24, 2.45) is 0 Å². The van der Waals surface area contributed by atoms with Gasteiger partial charge in [-0.3, -0.25) is 0 Å². The summed E-state index contributed by atoms with van der Waals surface area (Å²) < 4.78 is 15.3. The first-order valence-corrected chi connectivity index (χ1v) is 11.3. The fourth-order valence-electron chi connectivity index (χ4n) is 3.65. The lowest BCUT2D eigenvalue weighted by Gasteiger charge is -2.37. The predicted octanol–water partition coefficient (Wildman–Crippen LogP) is 4.87. The fourth-order valence-corrected chi connectivity index (χ4v) is 4.22. The molecule has 2 heterocycles. The summed E-state index contributed by atoms with van der Waals surface area (Å²) in [5, 5.41) is 13.6. The largest absolute Gasteiger partial charge is 0.427 e. The highest BCUT2D eigenvalue weighted by atomic mass is 32.1. The zero-order valence-corrected chi connectivity index (χ0v) is 19.3. The van der Waals surface area contributed by atoms with Crippen LogP contribution in [0.2, 0.25) is 0 Å². The van der Waals surface area contributed by atoms with Crippen molar-refractivity contribution < 1.29 is 9.76 Å². The van der Waals surface area contributed by atoms with Crippen molar-refractivity contribution in [1.82, 2.24) is 13.7 Å². The first-order chi connectivity index (χ1) is 15.3. The number of hydrogen-bond donors (Lipinski definition) is 1. The summed E-state index contributed by atoms with van der Waals surface area (Å²) in [6, 6.07) is 20.4. The molecule has 1 N–H and O–H groups in total. The minimum Gasteiger partial charge on any atom is -0.427 e. The van der Waals surface area contributed by atoms with Crippen molar-refractivity contribution in [2.45, 2.75) is 38.9 Å². The van der Waals surface area contributed by atoms with Gasteiger partial charge in [-0.1, -0.05) is 54.6 Å². The summed E-state index contributed by atoms with van der Waals surface area (Å²) in [7, 11) is 1.69. The van der Waals surface area contributed by atoms with Crippen molar-refractivity contribution in [1.29, 1.82) is 0 Å². The number of fused-ring (bicyclic) bond motifs is 5. The molecular weight excluding hydrogens is 417 g/mol. The molecule has 32 heavy (non-hydrogen) atoms. The van der Waals surface area contributed by atoms with E-state index in [0.717, 1.165) is 49.4 Å². The van der Waals surface area contributed by atoms with E-state index in [0.29, 0.717) is 0 Å². The third-order valence-electron chi connectivity index (χ3n) is 6.23. The van der Waals surface area contributed by atoms with E-state index in [2.05, 4.69) is 33.0 Å². The van der Waals surface area contributed by atoms with E-state index in [1.807, 2.05) is 50.2 Å². The Hall–Kier alpha value is -2.87. The lowest BCUT2D eigenvalue weighted by atomic mass is 9.80. The van der Waals surface area contributed by atoms with E-state index >= 15 is 0 Å². The van der Waals surface area contributed by atoms with Gasteiger partial charge in [-0.2, -0.15) is 8.75 Å². The van der Waals surface area contributed by atoms with Crippen LogP contribution in [-0.2, 0) is 4.65 Å². The Labute approximate surface area is 191 Å². The molecule has 0 aliphatic heterocycles. The molecule has 0 fully saturated rings. The van der Waals surface area contributed by atoms with Gasteiger partial charge in [-0.25, -0.2) is 4.98 Å². The van der Waals surface area contributed by atoms with Crippen molar-refractivity contribution in [3.63, 3.8) is 0 Å². The summed E-state index contributed by atoms with van der Waals surface area (Å²) in [6.45, 7) is 7.21. The average Bonchev–Trinajstić information content (AvgIpc) is 3.26. The summed E-state index contributed by atoms with van der Waals surface area (Å²) in [6.07, 6.45) is 0. The zero-order chi connectivity index (χ0) is 22.5. The van der Waals surface area contributed by atoms with Gasteiger partial charge >= 0.3 is 7.48 Å². The molecule has 0 aliphatic rings. The van der Waals surface area contributed by atoms with Crippen LogP contribution in [0.25, 0.3) is 44.0 Å². The van der Waals surface area contributed by atoms with Crippen molar-refractivity contribution in [3.05, 3.63) is 60.7 Å². The zero-order valence-electron chi connectivity index (χ0n) is 18.5. The molecule has 5 nitrogen and oxygen atoms in total. The van der Waals surface area contributed by atoms with Gasteiger partial charge in [0, 0.05) is 21.7 Å². The molecule has 0 aliphatic carbocycles. The van der Waals surface area contributed by atoms with E-state index in [-0.39, 0.29) is 0 Å². The van der Waals surface area contributed by atoms with Crippen molar-refractivity contribution in [2.75, 3.05) is 0 Å². The number of rotatable bonds is 5. The minimum atomic E-state index is -1.02. The first kappa shape index (κ1) is 21.0. The van der Waals surface area contributed by atoms with Gasteiger partial charge < -0.3 is 9.76 Å². The Morgan fingerprint density at radius 2 is 1.56 bits per heavy atom. The highest BCUT2D eigenvalue weighted by Crippen LogP contribution is 2.35. The molecule has 0 unspecified atom stereocenters. The molecule has 7 heteroatoms. The third-order valence-corrected chi connectivity index (χ3v) is 6.76. The second-order valence-electron chi connectivity index (χ2n) is 9.00. The monoisotopic (exact) mass is 440 g/mol. The van der Waals surface area contributed by atoms with Gasteiger partial charge in [-0.15, -0.1) is 0 Å². The molecule has 2 aromatic heterocycles. The van der Waals surface area contributed by atoms with Crippen LogP contribution < -0.4 is 5.46 Å². The number of pyridine rings is 1. The van der Waals surface area contributed by atoms with Gasteiger partial charge in [0.2, 0.25) is 0 Å². The molecule has 159 valence electrons. The van der Waals surface area contributed by atoms with Gasteiger partial charge in [0.25, 0.3) is 0 Å². The van der Waals surface area contributed by atoms with Gasteiger partial charge in [0.1, 0.15) is 11.0 Å². The number of para-hydroxylation sites is 1. The molecule has 0 bridgehead atoms. The Bertz CT molecular complexity index is 1440. The van der Waals surface area contributed by atoms with Crippen LogP contribution >= 0.6 is 11.7 Å². The topological polar surface area (TPSA) is 68.1 Å². The molecule has 0 amide bonds. The van der Waals surface area contributed by atoms with Crippen LogP contribution in [0.15, 0.2) is 60.7 Å². The van der Waals surface area contributed by atoms with Crippen LogP contribution in [0.1, 0.15) is 27.7 Å². The Morgan fingerprint density at radius 1 is 0.875 bits per heavy atom. The minimum absolute atomic E-state index is 0.782. The SMILES string of the molecule is CC(C)(O)C(C)(C)O[B]c1cc2c(-c3ccccc3)nc3ccccc3c2c2nsnc12. The normalized spacial score (nSPS) is 12.7. The second kappa shape index (κ2) is 7.62. The molecule has 1 radical (unpaired) electrons. The maximum Gasteiger partial charge on any atom is 0.333 e. The van der Waals surface area contributed by atoms with E-state index in [1.54, 1.807) is 21.3 Å². The van der Waals surface area contributed by atoms with E-state index in [9.17, 15) is 5.11 Å². The highest BCUT2D eigenvalue weighted by molar-refractivity contribution is 7.00. The van der Waals surface area contributed by atoms with Crippen LogP contribution in [0.3, 0.4) is 0 Å². The summed E-state index contributed by atoms with van der Waals surface area (Å²) in [5.41, 5.74) is 3.47. The lowest BCUT2D eigenvalue weighted by Crippen LogP contribution is -2.49. The number of aromatic nitrogens is 3. The van der Waals surface area contributed by atoms with Crippen LogP contribution in [-0.4, -0.2) is 37.5 Å². The maximum absolute atomic E-state index is 10.5. The molecule has 5 aromatic rings. The molecule has 0 atom stereocenters. The molecule has 3 aromatic carbocycles. The fraction of sp³-hybridized carbons (Fsp3) is 0.240. The number of benzene rings is 3. The number of hydrogen-bond acceptors (Lipinski definition) is 6. The smallest absolute Gasteiger partial charge is 0.333 e. The Kier molecular flexibility index (Phi) is 5.00. The Balaban J connectivity index is 1.79. The van der Waals surface area contributed by atoms with Crippen LogP contribution in [0.5, 0.6) is 0 Å². The molecule has 0 spiro atoms. The maximum atomic E-state index is 10.5. The second-order valence-corrected chi connectivity index (χ2v) is 9.53. The highest BCUT2D eigenvalue weighted by Gasteiger charge is 2.36. The standard InChI is InChI=1S/C25H23BN3O2S/c1-24(2,30)25(3,4)31-26-18-14-17-20(23-22(18)28-32-29-23)16-12-8-9-13-19(16)27-21(17)15-10-6-5-7-11-15/h5-14,30H,1-4H3. The summed E-state index contributed by atoms with van der Waals surface area (Å²) >= 11 is 1.19.